The average molecular weight is 249 g/mol. The first-order valence-electron chi connectivity index (χ1n) is 5.65. The van der Waals surface area contributed by atoms with Crippen molar-refractivity contribution < 1.29 is 9.53 Å². The Labute approximate surface area is 104 Å². The minimum absolute atomic E-state index is 0.0565. The first kappa shape index (κ1) is 12.0. The molecule has 90 valence electrons. The van der Waals surface area contributed by atoms with Gasteiger partial charge in [0.1, 0.15) is 0 Å². The lowest BCUT2D eigenvalue weighted by Crippen LogP contribution is -2.13. The van der Waals surface area contributed by atoms with Crippen LogP contribution in [0.2, 0.25) is 0 Å². The van der Waals surface area contributed by atoms with Gasteiger partial charge in [0.15, 0.2) is 0 Å². The zero-order valence-electron chi connectivity index (χ0n) is 9.97. The predicted molar refractivity (Wildman–Crippen MR) is 69.1 cm³/mol. The fourth-order valence-electron chi connectivity index (χ4n) is 1.49. The maximum Gasteiger partial charge on any atom is 0.308 e. The van der Waals surface area contributed by atoms with Gasteiger partial charge >= 0.3 is 5.97 Å². The SMILES string of the molecule is CC(C)C(=O)OCCc1ccc2ncsc2c1. The normalized spacial score (nSPS) is 11.0. The minimum Gasteiger partial charge on any atom is -0.465 e. The molecule has 0 aliphatic carbocycles. The van der Waals surface area contributed by atoms with Crippen LogP contribution in [0.4, 0.5) is 0 Å². The van der Waals surface area contributed by atoms with E-state index in [1.807, 2.05) is 31.5 Å². The van der Waals surface area contributed by atoms with Crippen molar-refractivity contribution in [3.8, 4) is 0 Å². The highest BCUT2D eigenvalue weighted by Crippen LogP contribution is 2.19. The minimum atomic E-state index is -0.135. The molecule has 4 heteroatoms. The highest BCUT2D eigenvalue weighted by atomic mass is 32.1. The third-order valence-corrected chi connectivity index (χ3v) is 3.29. The number of nitrogens with zero attached hydrogens (tertiary/aromatic N) is 1. The molecule has 0 radical (unpaired) electrons. The maximum absolute atomic E-state index is 11.3. The number of esters is 1. The van der Waals surface area contributed by atoms with Gasteiger partial charge in [-0.25, -0.2) is 4.98 Å². The van der Waals surface area contributed by atoms with E-state index in [0.29, 0.717) is 6.61 Å². The lowest BCUT2D eigenvalue weighted by molar-refractivity contribution is -0.147. The second kappa shape index (κ2) is 5.27. The summed E-state index contributed by atoms with van der Waals surface area (Å²) in [4.78, 5) is 15.5. The van der Waals surface area contributed by atoms with Crippen molar-refractivity contribution in [1.29, 1.82) is 0 Å². The maximum atomic E-state index is 11.3. The van der Waals surface area contributed by atoms with Gasteiger partial charge in [-0.2, -0.15) is 0 Å². The van der Waals surface area contributed by atoms with Gasteiger partial charge in [-0.1, -0.05) is 19.9 Å². The van der Waals surface area contributed by atoms with Crippen LogP contribution in [0.3, 0.4) is 0 Å². The first-order chi connectivity index (χ1) is 8.16. The molecule has 17 heavy (non-hydrogen) atoms. The average Bonchev–Trinajstić information content (AvgIpc) is 2.75. The third kappa shape index (κ3) is 3.03. The lowest BCUT2D eigenvalue weighted by Gasteiger charge is -2.06. The van der Waals surface area contributed by atoms with E-state index in [4.69, 9.17) is 4.74 Å². The molecule has 0 N–H and O–H groups in total. The number of carbonyl (C=O) groups is 1. The molecule has 3 nitrogen and oxygen atoms in total. The third-order valence-electron chi connectivity index (χ3n) is 2.50. The van der Waals surface area contributed by atoms with Crippen LogP contribution in [-0.4, -0.2) is 17.6 Å². The van der Waals surface area contributed by atoms with Crippen LogP contribution in [-0.2, 0) is 16.0 Å². The zero-order valence-corrected chi connectivity index (χ0v) is 10.8. The predicted octanol–water partition coefficient (Wildman–Crippen LogP) is 3.04. The van der Waals surface area contributed by atoms with Crippen LogP contribution in [0.5, 0.6) is 0 Å². The van der Waals surface area contributed by atoms with Crippen molar-refractivity contribution in [2.45, 2.75) is 20.3 Å². The summed E-state index contributed by atoms with van der Waals surface area (Å²) in [6.07, 6.45) is 0.756. The Hall–Kier alpha value is -1.42. The molecule has 0 fully saturated rings. The quantitative estimate of drug-likeness (QED) is 0.782. The number of fused-ring (bicyclic) bond motifs is 1. The fourth-order valence-corrected chi connectivity index (χ4v) is 2.23. The number of hydrogen-bond acceptors (Lipinski definition) is 4. The number of thiazole rings is 1. The monoisotopic (exact) mass is 249 g/mol. The van der Waals surface area contributed by atoms with Crippen molar-refractivity contribution in [3.63, 3.8) is 0 Å². The molecule has 0 spiro atoms. The van der Waals surface area contributed by atoms with Crippen LogP contribution < -0.4 is 0 Å². The fraction of sp³-hybridized carbons (Fsp3) is 0.385. The Morgan fingerprint density at radius 3 is 3.06 bits per heavy atom. The number of carbonyl (C=O) groups excluding carboxylic acids is 1. The summed E-state index contributed by atoms with van der Waals surface area (Å²) in [6, 6.07) is 6.15. The molecule has 1 heterocycles. The van der Waals surface area contributed by atoms with Gasteiger partial charge in [-0.15, -0.1) is 11.3 Å². The van der Waals surface area contributed by atoms with Crippen molar-refractivity contribution in [2.75, 3.05) is 6.61 Å². The summed E-state index contributed by atoms with van der Waals surface area (Å²) in [5.41, 5.74) is 4.05. The van der Waals surface area contributed by atoms with Crippen molar-refractivity contribution in [3.05, 3.63) is 29.3 Å². The molecule has 0 atom stereocenters. The van der Waals surface area contributed by atoms with Gasteiger partial charge in [0.25, 0.3) is 0 Å². The van der Waals surface area contributed by atoms with E-state index in [0.717, 1.165) is 11.9 Å². The van der Waals surface area contributed by atoms with E-state index in [1.165, 1.54) is 10.3 Å². The highest BCUT2D eigenvalue weighted by Gasteiger charge is 2.07. The summed E-state index contributed by atoms with van der Waals surface area (Å²) in [7, 11) is 0. The smallest absolute Gasteiger partial charge is 0.308 e. The Balaban J connectivity index is 1.92. The van der Waals surface area contributed by atoms with Crippen LogP contribution in [0.1, 0.15) is 19.4 Å². The van der Waals surface area contributed by atoms with Gasteiger partial charge in [0.05, 0.1) is 28.3 Å². The van der Waals surface area contributed by atoms with Crippen LogP contribution in [0.25, 0.3) is 10.2 Å². The first-order valence-corrected chi connectivity index (χ1v) is 6.53. The van der Waals surface area contributed by atoms with Gasteiger partial charge in [0.2, 0.25) is 0 Å². The molecule has 1 aromatic heterocycles. The molecule has 0 aliphatic rings. The van der Waals surface area contributed by atoms with Crippen molar-refractivity contribution in [2.24, 2.45) is 5.92 Å². The Morgan fingerprint density at radius 1 is 1.47 bits per heavy atom. The van der Waals surface area contributed by atoms with Gasteiger partial charge in [-0.05, 0) is 17.7 Å². The summed E-state index contributed by atoms with van der Waals surface area (Å²) in [6.45, 7) is 4.12. The summed E-state index contributed by atoms with van der Waals surface area (Å²) in [5.74, 6) is -0.192. The molecule has 0 bridgehead atoms. The summed E-state index contributed by atoms with van der Waals surface area (Å²) < 4.78 is 6.33. The van der Waals surface area contributed by atoms with Crippen LogP contribution >= 0.6 is 11.3 Å². The van der Waals surface area contributed by atoms with E-state index < -0.39 is 0 Å². The van der Waals surface area contributed by atoms with Crippen molar-refractivity contribution >= 4 is 27.5 Å². The highest BCUT2D eigenvalue weighted by molar-refractivity contribution is 7.16. The molecule has 0 aliphatic heterocycles. The largest absolute Gasteiger partial charge is 0.465 e. The molecular formula is C13H15NO2S. The molecule has 2 rings (SSSR count). The van der Waals surface area contributed by atoms with E-state index in [2.05, 4.69) is 11.1 Å². The molecule has 0 saturated carbocycles. The van der Waals surface area contributed by atoms with E-state index >= 15 is 0 Å². The topological polar surface area (TPSA) is 39.2 Å². The molecule has 1 aromatic carbocycles. The molecule has 0 saturated heterocycles. The number of rotatable bonds is 4. The molecule has 0 unspecified atom stereocenters. The molecule has 0 amide bonds. The Kier molecular flexibility index (Phi) is 3.74. The van der Waals surface area contributed by atoms with Crippen LogP contribution in [0, 0.1) is 5.92 Å². The van der Waals surface area contributed by atoms with E-state index in [-0.39, 0.29) is 11.9 Å². The number of hydrogen-bond donors (Lipinski definition) is 0. The number of benzene rings is 1. The Morgan fingerprint density at radius 2 is 2.29 bits per heavy atom. The van der Waals surface area contributed by atoms with Crippen LogP contribution in [0.15, 0.2) is 23.7 Å². The molecular weight excluding hydrogens is 234 g/mol. The second-order valence-electron chi connectivity index (χ2n) is 4.23. The molecule has 2 aromatic rings. The standard InChI is InChI=1S/C13H15NO2S/c1-9(2)13(15)16-6-5-10-3-4-11-12(7-10)17-8-14-11/h3-4,7-9H,5-6H2,1-2H3. The summed E-state index contributed by atoms with van der Waals surface area (Å²) >= 11 is 1.63. The number of ether oxygens (including phenoxy) is 1. The summed E-state index contributed by atoms with van der Waals surface area (Å²) in [5, 5.41) is 0. The van der Waals surface area contributed by atoms with E-state index in [9.17, 15) is 4.79 Å². The number of aromatic nitrogens is 1. The Bertz CT molecular complexity index is 519. The lowest BCUT2D eigenvalue weighted by atomic mass is 10.1. The van der Waals surface area contributed by atoms with Gasteiger partial charge < -0.3 is 4.74 Å². The van der Waals surface area contributed by atoms with Gasteiger partial charge in [0, 0.05) is 6.42 Å². The zero-order chi connectivity index (χ0) is 12.3. The van der Waals surface area contributed by atoms with Gasteiger partial charge in [-0.3, -0.25) is 4.79 Å². The van der Waals surface area contributed by atoms with E-state index in [1.54, 1.807) is 11.3 Å². The second-order valence-corrected chi connectivity index (χ2v) is 5.11. The van der Waals surface area contributed by atoms with Crippen molar-refractivity contribution in [1.82, 2.24) is 4.98 Å².